The Balaban J connectivity index is 2.14. The molecule has 1 heterocycles. The largest absolute Gasteiger partial charge is 0.497 e. The fourth-order valence-electron chi connectivity index (χ4n) is 2.61. The normalized spacial score (nSPS) is 20.8. The second-order valence-electron chi connectivity index (χ2n) is 4.85. The Hall–Kier alpha value is -2.29. The van der Waals surface area contributed by atoms with Gasteiger partial charge < -0.3 is 10.1 Å². The van der Waals surface area contributed by atoms with Crippen molar-refractivity contribution in [1.29, 1.82) is 0 Å². The monoisotopic (exact) mass is 253 g/mol. The van der Waals surface area contributed by atoms with Gasteiger partial charge >= 0.3 is 0 Å². The maximum absolute atomic E-state index is 12.4. The molecule has 0 saturated carbocycles. The van der Waals surface area contributed by atoms with Crippen molar-refractivity contribution in [2.24, 2.45) is 0 Å². The first-order chi connectivity index (χ1) is 9.16. The number of rotatable bonds is 2. The highest BCUT2D eigenvalue weighted by atomic mass is 16.5. The molecule has 1 N–H and O–H groups in total. The van der Waals surface area contributed by atoms with Crippen LogP contribution in [0.1, 0.15) is 18.1 Å². The van der Waals surface area contributed by atoms with E-state index in [1.165, 1.54) is 0 Å². The Morgan fingerprint density at radius 3 is 2.42 bits per heavy atom. The van der Waals surface area contributed by atoms with Gasteiger partial charge in [0.1, 0.15) is 5.75 Å². The van der Waals surface area contributed by atoms with E-state index in [4.69, 9.17) is 4.74 Å². The maximum Gasteiger partial charge on any atom is 0.239 e. The molecule has 0 saturated heterocycles. The van der Waals surface area contributed by atoms with Crippen molar-refractivity contribution in [3.63, 3.8) is 0 Å². The number of para-hydroxylation sites is 1. The second kappa shape index (κ2) is 4.12. The molecule has 0 bridgehead atoms. The highest BCUT2D eigenvalue weighted by Crippen LogP contribution is 2.42. The summed E-state index contributed by atoms with van der Waals surface area (Å²) in [6, 6.07) is 15.5. The smallest absolute Gasteiger partial charge is 0.239 e. The molecule has 0 spiro atoms. The molecular formula is C16H15NO2. The molecule has 19 heavy (non-hydrogen) atoms. The summed E-state index contributed by atoms with van der Waals surface area (Å²) in [5.74, 6) is 0.804. The average molecular weight is 253 g/mol. The molecule has 1 aliphatic heterocycles. The number of amides is 1. The van der Waals surface area contributed by atoms with Crippen LogP contribution in [0.15, 0.2) is 48.5 Å². The van der Waals surface area contributed by atoms with Gasteiger partial charge in [0.15, 0.2) is 0 Å². The summed E-state index contributed by atoms with van der Waals surface area (Å²) >= 11 is 0. The first-order valence-electron chi connectivity index (χ1n) is 6.22. The van der Waals surface area contributed by atoms with Gasteiger partial charge in [-0.1, -0.05) is 30.3 Å². The van der Waals surface area contributed by atoms with Crippen molar-refractivity contribution in [1.82, 2.24) is 0 Å². The van der Waals surface area contributed by atoms with E-state index in [0.29, 0.717) is 0 Å². The van der Waals surface area contributed by atoms with Crippen LogP contribution < -0.4 is 10.1 Å². The number of ether oxygens (including phenoxy) is 1. The van der Waals surface area contributed by atoms with Crippen molar-refractivity contribution in [2.45, 2.75) is 12.3 Å². The SMILES string of the molecule is COc1ccc([C@]2(C)C(=O)Nc3ccccc32)cc1. The molecule has 0 aliphatic carbocycles. The van der Waals surface area contributed by atoms with E-state index < -0.39 is 5.41 Å². The average Bonchev–Trinajstić information content (AvgIpc) is 2.72. The lowest BCUT2D eigenvalue weighted by atomic mass is 9.77. The fraction of sp³-hybridized carbons (Fsp3) is 0.188. The quantitative estimate of drug-likeness (QED) is 0.893. The van der Waals surface area contributed by atoms with Gasteiger partial charge in [0.05, 0.1) is 12.5 Å². The molecule has 3 nitrogen and oxygen atoms in total. The van der Waals surface area contributed by atoms with Gasteiger partial charge in [-0.05, 0) is 36.2 Å². The first kappa shape index (κ1) is 11.8. The second-order valence-corrected chi connectivity index (χ2v) is 4.85. The predicted octanol–water partition coefficient (Wildman–Crippen LogP) is 2.95. The summed E-state index contributed by atoms with van der Waals surface area (Å²) in [5.41, 5.74) is 2.25. The van der Waals surface area contributed by atoms with Gasteiger partial charge in [-0.15, -0.1) is 0 Å². The molecule has 2 aromatic rings. The van der Waals surface area contributed by atoms with Gasteiger partial charge in [-0.3, -0.25) is 4.79 Å². The molecule has 1 aliphatic rings. The zero-order valence-electron chi connectivity index (χ0n) is 10.9. The van der Waals surface area contributed by atoms with Crippen molar-refractivity contribution in [3.8, 4) is 5.75 Å². The van der Waals surface area contributed by atoms with E-state index >= 15 is 0 Å². The van der Waals surface area contributed by atoms with Crippen molar-refractivity contribution < 1.29 is 9.53 Å². The van der Waals surface area contributed by atoms with Crippen LogP contribution in [0.5, 0.6) is 5.75 Å². The van der Waals surface area contributed by atoms with E-state index in [2.05, 4.69) is 5.32 Å². The molecule has 2 aromatic carbocycles. The van der Waals surface area contributed by atoms with Gasteiger partial charge in [-0.2, -0.15) is 0 Å². The minimum atomic E-state index is -0.636. The topological polar surface area (TPSA) is 38.3 Å². The van der Waals surface area contributed by atoms with Crippen molar-refractivity contribution in [2.75, 3.05) is 12.4 Å². The number of hydrogen-bond acceptors (Lipinski definition) is 2. The highest BCUT2D eigenvalue weighted by Gasteiger charge is 2.43. The third-order valence-electron chi connectivity index (χ3n) is 3.84. The first-order valence-corrected chi connectivity index (χ1v) is 6.22. The van der Waals surface area contributed by atoms with Gasteiger partial charge in [-0.25, -0.2) is 0 Å². The van der Waals surface area contributed by atoms with Crippen LogP contribution in [0.3, 0.4) is 0 Å². The minimum Gasteiger partial charge on any atom is -0.497 e. The predicted molar refractivity (Wildman–Crippen MR) is 74.5 cm³/mol. The number of methoxy groups -OCH3 is 1. The molecule has 3 heteroatoms. The zero-order chi connectivity index (χ0) is 13.5. The lowest BCUT2D eigenvalue weighted by Gasteiger charge is -2.23. The van der Waals surface area contributed by atoms with Crippen LogP contribution in [0.4, 0.5) is 5.69 Å². The highest BCUT2D eigenvalue weighted by molar-refractivity contribution is 6.08. The van der Waals surface area contributed by atoms with Crippen LogP contribution >= 0.6 is 0 Å². The number of anilines is 1. The number of carbonyl (C=O) groups is 1. The number of benzene rings is 2. The summed E-state index contributed by atoms with van der Waals surface area (Å²) < 4.78 is 5.16. The molecule has 0 radical (unpaired) electrons. The van der Waals surface area contributed by atoms with E-state index in [1.807, 2.05) is 55.5 Å². The van der Waals surface area contributed by atoms with Gasteiger partial charge in [0.25, 0.3) is 0 Å². The van der Waals surface area contributed by atoms with Crippen LogP contribution in [-0.4, -0.2) is 13.0 Å². The van der Waals surface area contributed by atoms with Crippen LogP contribution in [0, 0.1) is 0 Å². The van der Waals surface area contributed by atoms with E-state index in [0.717, 1.165) is 22.6 Å². The lowest BCUT2D eigenvalue weighted by molar-refractivity contribution is -0.119. The summed E-state index contributed by atoms with van der Waals surface area (Å²) in [7, 11) is 1.63. The Kier molecular flexibility index (Phi) is 2.56. The number of nitrogens with one attached hydrogen (secondary N) is 1. The van der Waals surface area contributed by atoms with Crippen LogP contribution in [0.25, 0.3) is 0 Å². The number of fused-ring (bicyclic) bond motifs is 1. The zero-order valence-corrected chi connectivity index (χ0v) is 10.9. The third-order valence-corrected chi connectivity index (χ3v) is 3.84. The maximum atomic E-state index is 12.4. The van der Waals surface area contributed by atoms with Crippen molar-refractivity contribution in [3.05, 3.63) is 59.7 Å². The summed E-state index contributed by atoms with van der Waals surface area (Å²) in [6.07, 6.45) is 0. The van der Waals surface area contributed by atoms with Gasteiger partial charge in [0, 0.05) is 5.69 Å². The Bertz CT molecular complexity index is 633. The van der Waals surface area contributed by atoms with E-state index in [9.17, 15) is 4.79 Å². The fourth-order valence-corrected chi connectivity index (χ4v) is 2.61. The molecule has 1 amide bonds. The van der Waals surface area contributed by atoms with Crippen LogP contribution in [-0.2, 0) is 10.2 Å². The standard InChI is InChI=1S/C16H15NO2/c1-16(11-7-9-12(19-2)10-8-11)13-5-3-4-6-14(13)17-15(16)18/h3-10H,1-2H3,(H,17,18)/t16-/m0/s1. The number of hydrogen-bond donors (Lipinski definition) is 1. The molecule has 3 rings (SSSR count). The van der Waals surface area contributed by atoms with Crippen molar-refractivity contribution >= 4 is 11.6 Å². The minimum absolute atomic E-state index is 0.0128. The summed E-state index contributed by atoms with van der Waals surface area (Å²) in [5, 5.41) is 2.94. The molecule has 1 atom stereocenters. The molecule has 96 valence electrons. The number of carbonyl (C=O) groups excluding carboxylic acids is 1. The Morgan fingerprint density at radius 2 is 1.74 bits per heavy atom. The lowest BCUT2D eigenvalue weighted by Crippen LogP contribution is -2.32. The van der Waals surface area contributed by atoms with E-state index in [1.54, 1.807) is 7.11 Å². The summed E-state index contributed by atoms with van der Waals surface area (Å²) in [4.78, 5) is 12.4. The molecule has 0 unspecified atom stereocenters. The summed E-state index contributed by atoms with van der Waals surface area (Å²) in [6.45, 7) is 1.95. The Labute approximate surface area is 112 Å². The molecular weight excluding hydrogens is 238 g/mol. The van der Waals surface area contributed by atoms with Gasteiger partial charge in [0.2, 0.25) is 5.91 Å². The van der Waals surface area contributed by atoms with Crippen LogP contribution in [0.2, 0.25) is 0 Å². The van der Waals surface area contributed by atoms with E-state index in [-0.39, 0.29) is 5.91 Å². The molecule has 0 aromatic heterocycles. The Morgan fingerprint density at radius 1 is 1.05 bits per heavy atom. The molecule has 0 fully saturated rings. The third kappa shape index (κ3) is 1.62.